The van der Waals surface area contributed by atoms with Crippen molar-refractivity contribution in [1.29, 1.82) is 0 Å². The molecule has 0 aliphatic rings. The average molecular weight is 368 g/mol. The highest BCUT2D eigenvalue weighted by Gasteiger charge is 2.06. The van der Waals surface area contributed by atoms with E-state index in [1.54, 1.807) is 18.2 Å². The Morgan fingerprint density at radius 2 is 1.58 bits per heavy atom. The van der Waals surface area contributed by atoms with Crippen molar-refractivity contribution in [3.8, 4) is 0 Å². The van der Waals surface area contributed by atoms with E-state index in [2.05, 4.69) is 25.8 Å². The van der Waals surface area contributed by atoms with Crippen LogP contribution in [0.25, 0.3) is 0 Å². The van der Waals surface area contributed by atoms with Gasteiger partial charge in [-0.1, -0.05) is 23.2 Å². The number of nitrogens with one attached hydrogen (secondary N) is 2. The zero-order valence-electron chi connectivity index (χ0n) is 11.9. The summed E-state index contributed by atoms with van der Waals surface area (Å²) in [5, 5.41) is 14.2. The van der Waals surface area contributed by atoms with Gasteiger partial charge >= 0.3 is 0 Å². The van der Waals surface area contributed by atoms with Gasteiger partial charge in [0, 0.05) is 17.4 Å². The molecule has 2 aromatic carbocycles. The van der Waals surface area contributed by atoms with Crippen LogP contribution in [0.4, 0.5) is 31.9 Å². The number of hydrogen-bond donors (Lipinski definition) is 2. The smallest absolute Gasteiger partial charge is 0.249 e. The summed E-state index contributed by atoms with van der Waals surface area (Å²) in [4.78, 5) is 4.18. The van der Waals surface area contributed by atoms with E-state index >= 15 is 0 Å². The van der Waals surface area contributed by atoms with E-state index in [9.17, 15) is 8.78 Å². The van der Waals surface area contributed by atoms with Gasteiger partial charge in [0.1, 0.15) is 0 Å². The fraction of sp³-hybridized carbons (Fsp3) is 0. The van der Waals surface area contributed by atoms with Crippen LogP contribution in [0.2, 0.25) is 10.0 Å². The SMILES string of the molecule is Fc1ccc(Nc2cnnc(Nc3ccc(Cl)c(Cl)c3)n2)cc1F. The number of rotatable bonds is 4. The lowest BCUT2D eigenvalue weighted by Gasteiger charge is -2.08. The molecule has 0 spiro atoms. The van der Waals surface area contributed by atoms with Gasteiger partial charge in [0.2, 0.25) is 5.95 Å². The van der Waals surface area contributed by atoms with Gasteiger partial charge in [0.05, 0.1) is 16.2 Å². The predicted molar refractivity (Wildman–Crippen MR) is 89.2 cm³/mol. The molecule has 5 nitrogen and oxygen atoms in total. The predicted octanol–water partition coefficient (Wildman–Crippen LogP) is 4.94. The van der Waals surface area contributed by atoms with Crippen molar-refractivity contribution < 1.29 is 8.78 Å². The van der Waals surface area contributed by atoms with Crippen molar-refractivity contribution in [3.63, 3.8) is 0 Å². The van der Waals surface area contributed by atoms with Crippen LogP contribution in [-0.2, 0) is 0 Å². The summed E-state index contributed by atoms with van der Waals surface area (Å²) in [5.74, 6) is -1.39. The van der Waals surface area contributed by atoms with Crippen molar-refractivity contribution in [2.75, 3.05) is 10.6 Å². The molecule has 0 amide bonds. The highest BCUT2D eigenvalue weighted by atomic mass is 35.5. The second-order valence-corrected chi connectivity index (χ2v) is 5.49. The third-order valence-corrected chi connectivity index (χ3v) is 3.67. The maximum absolute atomic E-state index is 13.2. The molecule has 1 heterocycles. The lowest BCUT2D eigenvalue weighted by Crippen LogP contribution is -2.02. The number of hydrogen-bond acceptors (Lipinski definition) is 5. The molecule has 0 saturated heterocycles. The molecule has 0 fully saturated rings. The van der Waals surface area contributed by atoms with Crippen molar-refractivity contribution in [3.05, 3.63) is 64.3 Å². The van der Waals surface area contributed by atoms with Crippen LogP contribution in [0.15, 0.2) is 42.6 Å². The minimum atomic E-state index is -0.962. The normalized spacial score (nSPS) is 10.5. The van der Waals surface area contributed by atoms with E-state index in [-0.39, 0.29) is 5.95 Å². The minimum Gasteiger partial charge on any atom is -0.339 e. The summed E-state index contributed by atoms with van der Waals surface area (Å²) < 4.78 is 26.2. The Morgan fingerprint density at radius 1 is 0.833 bits per heavy atom. The van der Waals surface area contributed by atoms with Gasteiger partial charge in [0.15, 0.2) is 17.5 Å². The number of halogens is 4. The fourth-order valence-electron chi connectivity index (χ4n) is 1.84. The molecule has 0 saturated carbocycles. The topological polar surface area (TPSA) is 62.7 Å². The van der Waals surface area contributed by atoms with Crippen molar-refractivity contribution in [2.24, 2.45) is 0 Å². The van der Waals surface area contributed by atoms with Crippen LogP contribution in [-0.4, -0.2) is 15.2 Å². The summed E-state index contributed by atoms with van der Waals surface area (Å²) in [6, 6.07) is 8.36. The molecule has 1 aromatic heterocycles. The summed E-state index contributed by atoms with van der Waals surface area (Å²) in [6.07, 6.45) is 1.35. The van der Waals surface area contributed by atoms with Crippen molar-refractivity contribution in [2.45, 2.75) is 0 Å². The quantitative estimate of drug-likeness (QED) is 0.683. The van der Waals surface area contributed by atoms with E-state index in [1.807, 2.05) is 0 Å². The molecule has 122 valence electrons. The second kappa shape index (κ2) is 6.94. The molecule has 3 rings (SSSR count). The van der Waals surface area contributed by atoms with Crippen LogP contribution in [0.5, 0.6) is 0 Å². The zero-order chi connectivity index (χ0) is 17.1. The fourth-order valence-corrected chi connectivity index (χ4v) is 2.14. The molecule has 0 atom stereocenters. The number of benzene rings is 2. The Bertz CT molecular complexity index is 823. The molecule has 0 unspecified atom stereocenters. The molecule has 0 aliphatic carbocycles. The largest absolute Gasteiger partial charge is 0.339 e. The third-order valence-electron chi connectivity index (χ3n) is 2.93. The molecule has 9 heteroatoms. The average Bonchev–Trinajstić information content (AvgIpc) is 2.55. The van der Waals surface area contributed by atoms with Crippen molar-refractivity contribution >= 4 is 46.3 Å². The maximum Gasteiger partial charge on any atom is 0.249 e. The van der Waals surface area contributed by atoms with Gasteiger partial charge in [-0.05, 0) is 30.3 Å². The van der Waals surface area contributed by atoms with Gasteiger partial charge in [0.25, 0.3) is 0 Å². The van der Waals surface area contributed by atoms with Crippen LogP contribution in [0.3, 0.4) is 0 Å². The highest BCUT2D eigenvalue weighted by molar-refractivity contribution is 6.42. The summed E-state index contributed by atoms with van der Waals surface area (Å²) >= 11 is 11.8. The summed E-state index contributed by atoms with van der Waals surface area (Å²) in [7, 11) is 0. The first-order valence-electron chi connectivity index (χ1n) is 6.65. The Kier molecular flexibility index (Phi) is 4.73. The van der Waals surface area contributed by atoms with Crippen molar-refractivity contribution in [1.82, 2.24) is 15.2 Å². The van der Waals surface area contributed by atoms with E-state index in [1.165, 1.54) is 12.3 Å². The van der Waals surface area contributed by atoms with Crippen LogP contribution in [0.1, 0.15) is 0 Å². The van der Waals surface area contributed by atoms with Gasteiger partial charge in [-0.25, -0.2) is 8.78 Å². The molecule has 0 aliphatic heterocycles. The van der Waals surface area contributed by atoms with E-state index in [0.717, 1.165) is 12.1 Å². The van der Waals surface area contributed by atoms with E-state index in [4.69, 9.17) is 23.2 Å². The van der Waals surface area contributed by atoms with Gasteiger partial charge in [-0.15, -0.1) is 5.10 Å². The van der Waals surface area contributed by atoms with Gasteiger partial charge < -0.3 is 10.6 Å². The van der Waals surface area contributed by atoms with Crippen LogP contribution < -0.4 is 10.6 Å². The first kappa shape index (κ1) is 16.4. The number of aromatic nitrogens is 3. The Labute approximate surface area is 145 Å². The summed E-state index contributed by atoms with van der Waals surface area (Å²) in [5.41, 5.74) is 0.950. The molecule has 24 heavy (non-hydrogen) atoms. The maximum atomic E-state index is 13.2. The Morgan fingerprint density at radius 3 is 2.33 bits per heavy atom. The third kappa shape index (κ3) is 3.87. The first-order chi connectivity index (χ1) is 11.5. The first-order valence-corrected chi connectivity index (χ1v) is 7.41. The minimum absolute atomic E-state index is 0.195. The molecule has 3 aromatic rings. The number of anilines is 4. The number of nitrogens with zero attached hydrogens (tertiary/aromatic N) is 3. The molecule has 2 N–H and O–H groups in total. The zero-order valence-corrected chi connectivity index (χ0v) is 13.4. The standard InChI is InChI=1S/C15H9Cl2F2N5/c16-10-3-1-8(5-11(10)17)22-15-23-14(7-20-24-15)21-9-2-4-12(18)13(19)6-9/h1-7H,(H2,21,22,23,24). The monoisotopic (exact) mass is 367 g/mol. The second-order valence-electron chi connectivity index (χ2n) is 4.67. The Hall–Kier alpha value is -2.51. The lowest BCUT2D eigenvalue weighted by molar-refractivity contribution is 0.509. The summed E-state index contributed by atoms with van der Waals surface area (Å²) in [6.45, 7) is 0. The van der Waals surface area contributed by atoms with Gasteiger partial charge in [-0.3, -0.25) is 0 Å². The van der Waals surface area contributed by atoms with E-state index < -0.39 is 11.6 Å². The van der Waals surface area contributed by atoms with Crippen LogP contribution >= 0.6 is 23.2 Å². The molecular formula is C15H9Cl2F2N5. The highest BCUT2D eigenvalue weighted by Crippen LogP contribution is 2.26. The van der Waals surface area contributed by atoms with E-state index in [0.29, 0.717) is 27.2 Å². The van der Waals surface area contributed by atoms with Crippen LogP contribution in [0, 0.1) is 11.6 Å². The Balaban J connectivity index is 1.78. The molecule has 0 bridgehead atoms. The molecular weight excluding hydrogens is 359 g/mol. The van der Waals surface area contributed by atoms with Gasteiger partial charge in [-0.2, -0.15) is 10.1 Å². The molecule has 0 radical (unpaired) electrons. The lowest BCUT2D eigenvalue weighted by atomic mass is 10.3.